The summed E-state index contributed by atoms with van der Waals surface area (Å²) in [6, 6.07) is 11.5. The molecule has 0 bridgehead atoms. The molecule has 1 amide bonds. The summed E-state index contributed by atoms with van der Waals surface area (Å²) in [4.78, 5) is 21.7. The van der Waals surface area contributed by atoms with Crippen molar-refractivity contribution in [2.24, 2.45) is 22.9 Å². The molecular formula is C45H62N2O9. The molecule has 7 atom stereocenters. The van der Waals surface area contributed by atoms with E-state index in [9.17, 15) is 15.0 Å². The quantitative estimate of drug-likeness (QED) is 0.0868. The second-order valence-electron chi connectivity index (χ2n) is 15.7. The standard InChI is InChI=1S/C45H62N2O9/c1-6-21-47(44(50)51-5)40-29-38(46-56-41-16-10-13-25-52-41)36-27-32(14-8-11-22-48)35(15-9-12-23-49)42-37-28-34(54-33-18-17-30(3)31(4)26-33)19-20-39(37)55-45(40,43(36)42)53-24-7-2/h7,17-20,26-28,32,35,40-43,48-49H,2,6,8-16,21-25,29H2,1,3-5H3/t32-,35+,40-,41?,42+,43+,45+/m0/s1. The molecule has 0 spiro atoms. The van der Waals surface area contributed by atoms with Crippen LogP contribution < -0.4 is 9.47 Å². The van der Waals surface area contributed by atoms with Crippen LogP contribution in [0.1, 0.15) is 100 Å². The zero-order valence-corrected chi connectivity index (χ0v) is 33.8. The van der Waals surface area contributed by atoms with Gasteiger partial charge in [0, 0.05) is 44.1 Å². The SMILES string of the molecule is C=CCO[C@@]12Oc3ccc(Oc4ccc(C)c(C)c4)cc3[C@H]3[C@H](CCCCO)[C@@H](CCCCO)C=C(C(=NOC4CCCCO4)C[C@@H]1N(CCC)C(=O)OC)[C@H]32. The van der Waals surface area contributed by atoms with E-state index in [1.807, 2.05) is 25.1 Å². The number of aliphatic hydroxyl groups excluding tert-OH is 2. The molecular weight excluding hydrogens is 712 g/mol. The molecule has 6 rings (SSSR count). The minimum atomic E-state index is -1.34. The number of benzene rings is 2. The van der Waals surface area contributed by atoms with Crippen LogP contribution in [0.3, 0.4) is 0 Å². The molecule has 11 heteroatoms. The van der Waals surface area contributed by atoms with Crippen molar-refractivity contribution < 1.29 is 43.5 Å². The molecule has 2 fully saturated rings. The molecule has 0 radical (unpaired) electrons. The molecule has 56 heavy (non-hydrogen) atoms. The largest absolute Gasteiger partial charge is 0.459 e. The second-order valence-corrected chi connectivity index (χ2v) is 15.7. The van der Waals surface area contributed by atoms with Crippen molar-refractivity contribution >= 4 is 11.8 Å². The van der Waals surface area contributed by atoms with E-state index in [0.717, 1.165) is 73.1 Å². The average Bonchev–Trinajstić information content (AvgIpc) is 3.21. The highest BCUT2D eigenvalue weighted by Gasteiger charge is 2.65. The van der Waals surface area contributed by atoms with Gasteiger partial charge in [0.1, 0.15) is 23.3 Å². The Hall–Kier alpha value is -3.90. The lowest BCUT2D eigenvalue weighted by molar-refractivity contribution is -0.255. The van der Waals surface area contributed by atoms with E-state index >= 15 is 0 Å². The van der Waals surface area contributed by atoms with E-state index in [4.69, 9.17) is 33.7 Å². The van der Waals surface area contributed by atoms with Gasteiger partial charge in [0.05, 0.1) is 32.0 Å². The third-order valence-electron chi connectivity index (χ3n) is 12.0. The van der Waals surface area contributed by atoms with Crippen LogP contribution in [0.5, 0.6) is 17.2 Å². The minimum Gasteiger partial charge on any atom is -0.459 e. The van der Waals surface area contributed by atoms with Crippen molar-refractivity contribution in [2.75, 3.05) is 40.1 Å². The number of fused-ring (bicyclic) bond motifs is 2. The van der Waals surface area contributed by atoms with Crippen LogP contribution >= 0.6 is 0 Å². The number of rotatable bonds is 18. The van der Waals surface area contributed by atoms with Gasteiger partial charge in [-0.3, -0.25) is 4.90 Å². The Balaban J connectivity index is 1.57. The van der Waals surface area contributed by atoms with Crippen molar-refractivity contribution in [3.63, 3.8) is 0 Å². The van der Waals surface area contributed by atoms with Gasteiger partial charge in [-0.05, 0) is 118 Å². The van der Waals surface area contributed by atoms with Gasteiger partial charge in [0.15, 0.2) is 0 Å². The lowest BCUT2D eigenvalue weighted by Crippen LogP contribution is -2.70. The number of hydrogen-bond acceptors (Lipinski definition) is 10. The molecule has 2 aromatic rings. The molecule has 2 aliphatic carbocycles. The molecule has 2 aliphatic heterocycles. The topological polar surface area (TPSA) is 129 Å². The molecule has 2 aromatic carbocycles. The van der Waals surface area contributed by atoms with Crippen LogP contribution in [0.2, 0.25) is 0 Å². The number of amides is 1. The van der Waals surface area contributed by atoms with Crippen LogP contribution in [-0.2, 0) is 19.0 Å². The Morgan fingerprint density at radius 3 is 2.50 bits per heavy atom. The maximum absolute atomic E-state index is 13.8. The number of methoxy groups -OCH3 is 1. The number of unbranched alkanes of at least 4 members (excludes halogenated alkanes) is 2. The predicted octanol–water partition coefficient (Wildman–Crippen LogP) is 8.73. The van der Waals surface area contributed by atoms with Gasteiger partial charge < -0.3 is 38.7 Å². The van der Waals surface area contributed by atoms with Crippen molar-refractivity contribution in [1.29, 1.82) is 0 Å². The zero-order chi connectivity index (χ0) is 39.7. The van der Waals surface area contributed by atoms with E-state index < -0.39 is 30.1 Å². The average molecular weight is 775 g/mol. The predicted molar refractivity (Wildman–Crippen MR) is 215 cm³/mol. The number of carbonyl (C=O) groups is 1. The molecule has 1 saturated carbocycles. The van der Waals surface area contributed by atoms with Crippen molar-refractivity contribution in [3.8, 4) is 17.2 Å². The normalized spacial score (nSPS) is 27.3. The van der Waals surface area contributed by atoms with Gasteiger partial charge in [0.2, 0.25) is 12.1 Å². The summed E-state index contributed by atoms with van der Waals surface area (Å²) in [6.45, 7) is 11.7. The Morgan fingerprint density at radius 2 is 1.80 bits per heavy atom. The Labute approximate surface area is 332 Å². The molecule has 11 nitrogen and oxygen atoms in total. The molecule has 4 aliphatic rings. The lowest BCUT2D eigenvalue weighted by Gasteiger charge is -2.59. The third kappa shape index (κ3) is 8.96. The van der Waals surface area contributed by atoms with Gasteiger partial charge in [-0.2, -0.15) is 0 Å². The summed E-state index contributed by atoms with van der Waals surface area (Å²) in [6.07, 6.45) is 11.6. The maximum Gasteiger partial charge on any atom is 0.409 e. The highest BCUT2D eigenvalue weighted by Crippen LogP contribution is 2.62. The lowest BCUT2D eigenvalue weighted by atomic mass is 9.55. The van der Waals surface area contributed by atoms with E-state index in [2.05, 4.69) is 44.7 Å². The first-order valence-electron chi connectivity index (χ1n) is 20.7. The van der Waals surface area contributed by atoms with Crippen LogP contribution in [0.15, 0.2) is 65.9 Å². The van der Waals surface area contributed by atoms with Crippen LogP contribution in [0, 0.1) is 31.6 Å². The maximum atomic E-state index is 13.8. The first-order valence-corrected chi connectivity index (χ1v) is 20.7. The molecule has 2 heterocycles. The van der Waals surface area contributed by atoms with Crippen molar-refractivity contribution in [1.82, 2.24) is 4.90 Å². The van der Waals surface area contributed by atoms with Gasteiger partial charge in [0.25, 0.3) is 0 Å². The number of oxime groups is 1. The van der Waals surface area contributed by atoms with Crippen molar-refractivity contribution in [3.05, 3.63) is 77.4 Å². The summed E-state index contributed by atoms with van der Waals surface area (Å²) in [5.74, 6) is 0.402. The summed E-state index contributed by atoms with van der Waals surface area (Å²) >= 11 is 0. The highest BCUT2D eigenvalue weighted by atomic mass is 16.8. The molecule has 0 aromatic heterocycles. The number of hydrogen-bond donors (Lipinski definition) is 2. The highest BCUT2D eigenvalue weighted by molar-refractivity contribution is 6.03. The van der Waals surface area contributed by atoms with Gasteiger partial charge in [-0.15, -0.1) is 6.58 Å². The fraction of sp³-hybridized carbons (Fsp3) is 0.600. The van der Waals surface area contributed by atoms with Crippen LogP contribution in [0.4, 0.5) is 4.79 Å². The van der Waals surface area contributed by atoms with E-state index in [1.165, 1.54) is 12.7 Å². The number of nitrogens with zero attached hydrogens (tertiary/aromatic N) is 2. The van der Waals surface area contributed by atoms with E-state index in [-0.39, 0.29) is 37.6 Å². The van der Waals surface area contributed by atoms with Crippen LogP contribution in [0.25, 0.3) is 0 Å². The van der Waals surface area contributed by atoms with Crippen molar-refractivity contribution in [2.45, 2.75) is 115 Å². The molecule has 1 unspecified atom stereocenters. The molecule has 1 saturated heterocycles. The summed E-state index contributed by atoms with van der Waals surface area (Å²) in [5.41, 5.74) is 5.05. The monoisotopic (exact) mass is 774 g/mol. The summed E-state index contributed by atoms with van der Waals surface area (Å²) in [5, 5.41) is 24.7. The van der Waals surface area contributed by atoms with Gasteiger partial charge >= 0.3 is 6.09 Å². The fourth-order valence-electron chi connectivity index (χ4n) is 9.27. The van der Waals surface area contributed by atoms with E-state index in [0.29, 0.717) is 50.3 Å². The first-order chi connectivity index (χ1) is 27.3. The Morgan fingerprint density at radius 1 is 1.04 bits per heavy atom. The minimum absolute atomic E-state index is 0.0977. The molecule has 306 valence electrons. The molecule has 2 N–H and O–H groups in total. The number of ether oxygens (including phenoxy) is 5. The number of allylic oxidation sites excluding steroid dienone is 1. The number of aliphatic hydroxyl groups is 2. The summed E-state index contributed by atoms with van der Waals surface area (Å²) in [7, 11) is 1.40. The van der Waals surface area contributed by atoms with Crippen LogP contribution in [-0.4, -0.2) is 85.1 Å². The zero-order valence-electron chi connectivity index (χ0n) is 33.8. The van der Waals surface area contributed by atoms with Gasteiger partial charge in [-0.25, -0.2) is 4.79 Å². The Bertz CT molecular complexity index is 1700. The first kappa shape index (κ1) is 41.7. The third-order valence-corrected chi connectivity index (χ3v) is 12.0. The van der Waals surface area contributed by atoms with Gasteiger partial charge in [-0.1, -0.05) is 43.1 Å². The van der Waals surface area contributed by atoms with E-state index in [1.54, 1.807) is 11.0 Å². The smallest absolute Gasteiger partial charge is 0.409 e. The fourth-order valence-corrected chi connectivity index (χ4v) is 9.27. The number of carbonyl (C=O) groups excluding carboxylic acids is 1. The number of aryl methyl sites for hydroxylation is 2. The second kappa shape index (κ2) is 19.5. The Kier molecular flexibility index (Phi) is 14.5. The summed E-state index contributed by atoms with van der Waals surface area (Å²) < 4.78 is 32.2.